The molecule has 4 heteroatoms. The molecule has 0 spiro atoms. The number of carbonyl (C=O) groups is 1. The van der Waals surface area contributed by atoms with Crippen molar-refractivity contribution in [2.75, 3.05) is 5.32 Å². The zero-order chi connectivity index (χ0) is 13.0. The van der Waals surface area contributed by atoms with Crippen LogP contribution < -0.4 is 5.32 Å². The molecule has 0 aliphatic rings. The molecule has 0 heterocycles. The van der Waals surface area contributed by atoms with Gasteiger partial charge in [-0.3, -0.25) is 4.79 Å². The summed E-state index contributed by atoms with van der Waals surface area (Å²) in [6, 6.07) is 15.3. The van der Waals surface area contributed by atoms with Crippen LogP contribution in [0.2, 0.25) is 0 Å². The lowest BCUT2D eigenvalue weighted by atomic mass is 10.1. The summed E-state index contributed by atoms with van der Waals surface area (Å²) >= 11 is 6.44. The fourth-order valence-electron chi connectivity index (χ4n) is 1.54. The summed E-state index contributed by atoms with van der Waals surface area (Å²) in [4.78, 5) is 12.7. The van der Waals surface area contributed by atoms with Gasteiger partial charge in [-0.1, -0.05) is 12.1 Å². The predicted molar refractivity (Wildman–Crippen MR) is 85.2 cm³/mol. The summed E-state index contributed by atoms with van der Waals surface area (Å²) in [5.41, 5.74) is 1.81. The summed E-state index contributed by atoms with van der Waals surface area (Å²) < 4.78 is 1.15. The highest BCUT2D eigenvalue weighted by Crippen LogP contribution is 2.12. The van der Waals surface area contributed by atoms with Crippen molar-refractivity contribution in [2.45, 2.75) is 11.3 Å². The Labute approximate surface area is 125 Å². The first kappa shape index (κ1) is 13.4. The number of nitrogens with one attached hydrogen (secondary N) is 1. The van der Waals surface area contributed by atoms with Gasteiger partial charge in [0, 0.05) is 14.2 Å². The van der Waals surface area contributed by atoms with Crippen molar-refractivity contribution in [3.63, 3.8) is 0 Å². The molecular weight excluding hydrogens is 357 g/mol. The molecular formula is C14H12INOS. The number of thiol groups is 1. The quantitative estimate of drug-likeness (QED) is 0.626. The smallest absolute Gasteiger partial charge is 0.228 e. The van der Waals surface area contributed by atoms with Crippen molar-refractivity contribution in [2.24, 2.45) is 0 Å². The highest BCUT2D eigenvalue weighted by atomic mass is 127. The number of amides is 1. The maximum Gasteiger partial charge on any atom is 0.228 e. The third-order valence-corrected chi connectivity index (χ3v) is 3.45. The first-order valence-electron chi connectivity index (χ1n) is 5.47. The minimum Gasteiger partial charge on any atom is -0.326 e. The monoisotopic (exact) mass is 369 g/mol. The van der Waals surface area contributed by atoms with Gasteiger partial charge in [-0.05, 0) is 64.6 Å². The van der Waals surface area contributed by atoms with Crippen LogP contribution in [0.25, 0.3) is 0 Å². The average molecular weight is 369 g/mol. The highest BCUT2D eigenvalue weighted by molar-refractivity contribution is 14.1. The van der Waals surface area contributed by atoms with Crippen LogP contribution in [-0.4, -0.2) is 5.91 Å². The lowest BCUT2D eigenvalue weighted by molar-refractivity contribution is -0.115. The van der Waals surface area contributed by atoms with Gasteiger partial charge in [0.15, 0.2) is 0 Å². The van der Waals surface area contributed by atoms with Crippen LogP contribution in [0.5, 0.6) is 0 Å². The van der Waals surface area contributed by atoms with Crippen molar-refractivity contribution in [1.82, 2.24) is 0 Å². The van der Waals surface area contributed by atoms with E-state index in [1.807, 2.05) is 48.5 Å². The van der Waals surface area contributed by atoms with Crippen LogP contribution in [0.3, 0.4) is 0 Å². The van der Waals surface area contributed by atoms with Gasteiger partial charge in [0.1, 0.15) is 0 Å². The number of anilines is 1. The van der Waals surface area contributed by atoms with Gasteiger partial charge in [0.2, 0.25) is 5.91 Å². The van der Waals surface area contributed by atoms with Crippen LogP contribution in [0, 0.1) is 3.57 Å². The minimum absolute atomic E-state index is 0.0110. The van der Waals surface area contributed by atoms with Crippen molar-refractivity contribution in [3.8, 4) is 0 Å². The first-order chi connectivity index (χ1) is 8.63. The number of carbonyl (C=O) groups excluding carboxylic acids is 1. The molecule has 1 amide bonds. The Morgan fingerprint density at radius 2 is 1.67 bits per heavy atom. The largest absolute Gasteiger partial charge is 0.326 e. The van der Waals surface area contributed by atoms with Crippen molar-refractivity contribution in [3.05, 3.63) is 57.7 Å². The molecule has 0 radical (unpaired) electrons. The van der Waals surface area contributed by atoms with Crippen LogP contribution in [0.15, 0.2) is 53.4 Å². The molecule has 2 nitrogen and oxygen atoms in total. The third-order valence-electron chi connectivity index (χ3n) is 2.43. The van der Waals surface area contributed by atoms with Crippen LogP contribution in [0.4, 0.5) is 5.69 Å². The number of hydrogen-bond acceptors (Lipinski definition) is 2. The Morgan fingerprint density at radius 3 is 2.28 bits per heavy atom. The number of benzene rings is 2. The van der Waals surface area contributed by atoms with Gasteiger partial charge in [-0.15, -0.1) is 12.6 Å². The molecule has 0 bridgehead atoms. The summed E-state index contributed by atoms with van der Waals surface area (Å²) in [5, 5.41) is 2.87. The van der Waals surface area contributed by atoms with E-state index in [1.165, 1.54) is 0 Å². The maximum atomic E-state index is 11.8. The maximum absolute atomic E-state index is 11.8. The van der Waals surface area contributed by atoms with Crippen LogP contribution >= 0.6 is 35.2 Å². The number of halogens is 1. The Kier molecular flexibility index (Phi) is 4.66. The molecule has 18 heavy (non-hydrogen) atoms. The number of hydrogen-bond donors (Lipinski definition) is 2. The molecule has 2 aromatic carbocycles. The Bertz CT molecular complexity index is 487. The molecule has 0 atom stereocenters. The molecule has 0 saturated carbocycles. The molecule has 92 valence electrons. The molecule has 0 unspecified atom stereocenters. The van der Waals surface area contributed by atoms with Crippen molar-refractivity contribution in [1.29, 1.82) is 0 Å². The Morgan fingerprint density at radius 1 is 1.06 bits per heavy atom. The van der Waals surface area contributed by atoms with E-state index < -0.39 is 0 Å². The first-order valence-corrected chi connectivity index (χ1v) is 6.99. The lowest BCUT2D eigenvalue weighted by Crippen LogP contribution is -2.14. The van der Waals surface area contributed by atoms with Gasteiger partial charge in [-0.25, -0.2) is 0 Å². The van der Waals surface area contributed by atoms with E-state index in [9.17, 15) is 4.79 Å². The second-order valence-electron chi connectivity index (χ2n) is 3.90. The van der Waals surface area contributed by atoms with Gasteiger partial charge in [0.05, 0.1) is 6.42 Å². The average Bonchev–Trinajstić information content (AvgIpc) is 2.35. The topological polar surface area (TPSA) is 29.1 Å². The van der Waals surface area contributed by atoms with Crippen molar-refractivity contribution >= 4 is 46.8 Å². The summed E-state index contributed by atoms with van der Waals surface area (Å²) in [6.07, 6.45) is 0.375. The summed E-state index contributed by atoms with van der Waals surface area (Å²) in [7, 11) is 0. The molecule has 0 aromatic heterocycles. The van der Waals surface area contributed by atoms with E-state index in [4.69, 9.17) is 0 Å². The fraction of sp³-hybridized carbons (Fsp3) is 0.0714. The molecule has 1 N–H and O–H groups in total. The van der Waals surface area contributed by atoms with Crippen molar-refractivity contribution < 1.29 is 4.79 Å². The predicted octanol–water partition coefficient (Wildman–Crippen LogP) is 3.76. The second kappa shape index (κ2) is 6.24. The van der Waals surface area contributed by atoms with E-state index in [-0.39, 0.29) is 5.91 Å². The number of rotatable bonds is 3. The Balaban J connectivity index is 1.96. The van der Waals surface area contributed by atoms with E-state index in [1.54, 1.807) is 0 Å². The SMILES string of the molecule is O=C(Cc1ccc(S)cc1)Nc1ccc(I)cc1. The summed E-state index contributed by atoms with van der Waals surface area (Å²) in [6.45, 7) is 0. The van der Waals surface area contributed by atoms with Gasteiger partial charge >= 0.3 is 0 Å². The molecule has 2 aromatic rings. The molecule has 0 saturated heterocycles. The van der Waals surface area contributed by atoms with Gasteiger partial charge < -0.3 is 5.32 Å². The van der Waals surface area contributed by atoms with E-state index >= 15 is 0 Å². The van der Waals surface area contributed by atoms with Gasteiger partial charge in [-0.2, -0.15) is 0 Å². The van der Waals surface area contributed by atoms with Crippen LogP contribution in [-0.2, 0) is 11.2 Å². The second-order valence-corrected chi connectivity index (χ2v) is 5.66. The van der Waals surface area contributed by atoms with E-state index in [2.05, 4.69) is 40.5 Å². The molecule has 2 rings (SSSR count). The van der Waals surface area contributed by atoms with Crippen LogP contribution in [0.1, 0.15) is 5.56 Å². The van der Waals surface area contributed by atoms with Gasteiger partial charge in [0.25, 0.3) is 0 Å². The standard InChI is InChI=1S/C14H12INOS/c15-11-3-5-12(6-4-11)16-14(17)9-10-1-7-13(18)8-2-10/h1-8,18H,9H2,(H,16,17). The highest BCUT2D eigenvalue weighted by Gasteiger charge is 2.03. The van der Waals surface area contributed by atoms with E-state index in [0.29, 0.717) is 6.42 Å². The zero-order valence-electron chi connectivity index (χ0n) is 9.56. The molecule has 0 fully saturated rings. The molecule has 0 aliphatic heterocycles. The Hall–Kier alpha value is -1.01. The third kappa shape index (κ3) is 4.03. The summed E-state index contributed by atoms with van der Waals surface area (Å²) in [5.74, 6) is -0.0110. The minimum atomic E-state index is -0.0110. The zero-order valence-corrected chi connectivity index (χ0v) is 12.6. The van der Waals surface area contributed by atoms with E-state index in [0.717, 1.165) is 19.7 Å². The fourth-order valence-corrected chi connectivity index (χ4v) is 2.05. The normalized spacial score (nSPS) is 10.1. The molecule has 0 aliphatic carbocycles. The lowest BCUT2D eigenvalue weighted by Gasteiger charge is -2.05.